The van der Waals surface area contributed by atoms with Gasteiger partial charge in [0.2, 0.25) is 0 Å². The van der Waals surface area contributed by atoms with E-state index in [2.05, 4.69) is 41.4 Å². The van der Waals surface area contributed by atoms with E-state index in [1.54, 1.807) is 12.1 Å². The quantitative estimate of drug-likeness (QED) is 0.672. The summed E-state index contributed by atoms with van der Waals surface area (Å²) in [5, 5.41) is 3.51. The maximum Gasteiger partial charge on any atom is 0.150 e. The minimum absolute atomic E-state index is 0.669. The van der Waals surface area contributed by atoms with Gasteiger partial charge in [0, 0.05) is 23.7 Å². The van der Waals surface area contributed by atoms with Crippen LogP contribution in [0, 0.1) is 11.8 Å². The van der Waals surface area contributed by atoms with E-state index in [1.165, 1.54) is 18.4 Å². The van der Waals surface area contributed by atoms with E-state index in [0.717, 1.165) is 30.0 Å². The fourth-order valence-electron chi connectivity index (χ4n) is 2.20. The Hall–Kier alpha value is -2.63. The average Bonchev–Trinajstić information content (AvgIpc) is 3.43. The fraction of sp³-hybridized carbons (Fsp3) is 0.190. The van der Waals surface area contributed by atoms with Gasteiger partial charge in [0.1, 0.15) is 6.29 Å². The van der Waals surface area contributed by atoms with Crippen LogP contribution < -0.4 is 5.32 Å². The van der Waals surface area contributed by atoms with Gasteiger partial charge in [0.15, 0.2) is 0 Å². The van der Waals surface area contributed by atoms with E-state index >= 15 is 0 Å². The van der Waals surface area contributed by atoms with Gasteiger partial charge < -0.3 is 5.32 Å². The van der Waals surface area contributed by atoms with Crippen LogP contribution in [0.15, 0.2) is 54.6 Å². The lowest BCUT2D eigenvalue weighted by molar-refractivity contribution is 0.112. The van der Waals surface area contributed by atoms with Crippen molar-refractivity contribution >= 4 is 12.4 Å². The van der Waals surface area contributed by atoms with Gasteiger partial charge in [-0.25, -0.2) is 0 Å². The summed E-state index contributed by atoms with van der Waals surface area (Å²) in [5.74, 6) is 6.07. The van der Waals surface area contributed by atoms with Crippen LogP contribution >= 0.6 is 0 Å². The molecule has 0 aromatic heterocycles. The zero-order valence-corrected chi connectivity index (χ0v) is 13.0. The van der Waals surface area contributed by atoms with Crippen molar-refractivity contribution in [2.75, 3.05) is 0 Å². The predicted molar refractivity (Wildman–Crippen MR) is 94.0 cm³/mol. The van der Waals surface area contributed by atoms with Crippen molar-refractivity contribution in [3.8, 4) is 11.8 Å². The van der Waals surface area contributed by atoms with Crippen molar-refractivity contribution in [2.45, 2.75) is 25.4 Å². The second kappa shape index (κ2) is 7.58. The van der Waals surface area contributed by atoms with Crippen LogP contribution in [-0.2, 0) is 6.54 Å². The number of nitrogens with one attached hydrogen (secondary N) is 1. The molecule has 2 aromatic carbocycles. The molecule has 1 saturated carbocycles. The van der Waals surface area contributed by atoms with Gasteiger partial charge in [0.25, 0.3) is 0 Å². The van der Waals surface area contributed by atoms with Crippen molar-refractivity contribution in [2.24, 2.45) is 0 Å². The molecule has 2 heteroatoms. The largest absolute Gasteiger partial charge is 0.310 e. The number of carbonyl (C=O) groups is 1. The maximum absolute atomic E-state index is 10.6. The van der Waals surface area contributed by atoms with Gasteiger partial charge in [-0.2, -0.15) is 0 Å². The molecule has 114 valence electrons. The number of hydrogen-bond acceptors (Lipinski definition) is 2. The summed E-state index contributed by atoms with van der Waals surface area (Å²) in [5.41, 5.74) is 4.03. The fourth-order valence-corrected chi connectivity index (χ4v) is 2.20. The standard InChI is InChI=1S/C21H19NO/c23-16-20-11-7-18(8-12-20)4-2-1-3-17-5-9-19(10-6-17)15-22-21-13-14-21/h1,3,5-12,16,21-22H,13-15H2/b3-1+. The highest BCUT2D eigenvalue weighted by Crippen LogP contribution is 2.19. The summed E-state index contributed by atoms with van der Waals surface area (Å²) >= 11 is 0. The van der Waals surface area contributed by atoms with Gasteiger partial charge in [-0.05, 0) is 48.3 Å². The molecule has 1 N–H and O–H groups in total. The molecule has 0 bridgehead atoms. The third kappa shape index (κ3) is 4.95. The molecule has 0 heterocycles. The number of benzene rings is 2. The van der Waals surface area contributed by atoms with Crippen LogP contribution in [0.2, 0.25) is 0 Å². The van der Waals surface area contributed by atoms with E-state index < -0.39 is 0 Å². The van der Waals surface area contributed by atoms with Crippen molar-refractivity contribution in [3.05, 3.63) is 76.9 Å². The van der Waals surface area contributed by atoms with Crippen LogP contribution in [0.25, 0.3) is 6.08 Å². The smallest absolute Gasteiger partial charge is 0.150 e. The van der Waals surface area contributed by atoms with E-state index in [1.807, 2.05) is 24.3 Å². The topological polar surface area (TPSA) is 29.1 Å². The van der Waals surface area contributed by atoms with E-state index in [0.29, 0.717) is 5.56 Å². The molecule has 23 heavy (non-hydrogen) atoms. The Morgan fingerprint density at radius 1 is 1.00 bits per heavy atom. The minimum Gasteiger partial charge on any atom is -0.310 e. The Balaban J connectivity index is 1.54. The molecule has 1 aliphatic carbocycles. The molecular weight excluding hydrogens is 282 g/mol. The number of carbonyl (C=O) groups excluding carboxylic acids is 1. The van der Waals surface area contributed by atoms with Gasteiger partial charge in [-0.15, -0.1) is 0 Å². The maximum atomic E-state index is 10.6. The van der Waals surface area contributed by atoms with E-state index in [9.17, 15) is 4.79 Å². The Bertz CT molecular complexity index is 741. The molecule has 2 aromatic rings. The predicted octanol–water partition coefficient (Wildman–Crippen LogP) is 3.82. The molecular formula is C21H19NO. The first-order valence-corrected chi connectivity index (χ1v) is 7.89. The van der Waals surface area contributed by atoms with Gasteiger partial charge in [-0.3, -0.25) is 4.79 Å². The molecule has 2 nitrogen and oxygen atoms in total. The second-order valence-electron chi connectivity index (χ2n) is 5.74. The summed E-state index contributed by atoms with van der Waals surface area (Å²) in [4.78, 5) is 10.6. The lowest BCUT2D eigenvalue weighted by Gasteiger charge is -2.02. The molecule has 0 radical (unpaired) electrons. The monoisotopic (exact) mass is 301 g/mol. The van der Waals surface area contributed by atoms with Crippen LogP contribution in [0.3, 0.4) is 0 Å². The number of rotatable bonds is 5. The number of hydrogen-bond donors (Lipinski definition) is 1. The molecule has 0 amide bonds. The molecule has 0 aliphatic heterocycles. The highest BCUT2D eigenvalue weighted by molar-refractivity contribution is 5.74. The first-order chi connectivity index (χ1) is 11.3. The minimum atomic E-state index is 0.669. The average molecular weight is 301 g/mol. The summed E-state index contributed by atoms with van der Waals surface area (Å²) in [6.07, 6.45) is 7.33. The summed E-state index contributed by atoms with van der Waals surface area (Å²) < 4.78 is 0. The first kappa shape index (κ1) is 15.3. The van der Waals surface area contributed by atoms with Gasteiger partial charge in [-0.1, -0.05) is 48.2 Å². The number of aldehydes is 1. The van der Waals surface area contributed by atoms with Crippen LogP contribution in [0.4, 0.5) is 0 Å². The molecule has 0 atom stereocenters. The lowest BCUT2D eigenvalue weighted by atomic mass is 10.1. The highest BCUT2D eigenvalue weighted by atomic mass is 16.1. The number of allylic oxidation sites excluding steroid dienone is 1. The van der Waals surface area contributed by atoms with Gasteiger partial charge >= 0.3 is 0 Å². The third-order valence-corrected chi connectivity index (χ3v) is 3.77. The van der Waals surface area contributed by atoms with Crippen LogP contribution in [-0.4, -0.2) is 12.3 Å². The Kier molecular flexibility index (Phi) is 5.03. The Morgan fingerprint density at radius 3 is 2.35 bits per heavy atom. The Morgan fingerprint density at radius 2 is 1.70 bits per heavy atom. The summed E-state index contributed by atoms with van der Waals surface area (Å²) in [6, 6.07) is 16.5. The normalized spacial score (nSPS) is 13.6. The third-order valence-electron chi connectivity index (χ3n) is 3.77. The first-order valence-electron chi connectivity index (χ1n) is 7.89. The van der Waals surface area contributed by atoms with Crippen molar-refractivity contribution in [1.29, 1.82) is 0 Å². The van der Waals surface area contributed by atoms with Crippen LogP contribution in [0.5, 0.6) is 0 Å². The summed E-state index contributed by atoms with van der Waals surface area (Å²) in [7, 11) is 0. The molecule has 1 fully saturated rings. The second-order valence-corrected chi connectivity index (χ2v) is 5.74. The van der Waals surface area contributed by atoms with E-state index in [-0.39, 0.29) is 0 Å². The van der Waals surface area contributed by atoms with Crippen LogP contribution in [0.1, 0.15) is 39.9 Å². The molecule has 0 spiro atoms. The lowest BCUT2D eigenvalue weighted by Crippen LogP contribution is -2.14. The Labute approximate surface area is 137 Å². The van der Waals surface area contributed by atoms with Gasteiger partial charge in [0.05, 0.1) is 0 Å². The molecule has 0 unspecified atom stereocenters. The van der Waals surface area contributed by atoms with E-state index in [4.69, 9.17) is 0 Å². The SMILES string of the molecule is O=Cc1ccc(C#C/C=C/c2ccc(CNC3CC3)cc2)cc1. The molecule has 1 aliphatic rings. The zero-order valence-electron chi connectivity index (χ0n) is 13.0. The highest BCUT2D eigenvalue weighted by Gasteiger charge is 2.19. The summed E-state index contributed by atoms with van der Waals surface area (Å²) in [6.45, 7) is 0.950. The van der Waals surface area contributed by atoms with Crippen molar-refractivity contribution < 1.29 is 4.79 Å². The van der Waals surface area contributed by atoms with Crippen molar-refractivity contribution in [3.63, 3.8) is 0 Å². The zero-order chi connectivity index (χ0) is 15.9. The molecule has 3 rings (SSSR count). The molecule has 0 saturated heterocycles. The van der Waals surface area contributed by atoms with Crippen molar-refractivity contribution in [1.82, 2.24) is 5.32 Å².